The molecule has 0 aliphatic carbocycles. The molecule has 2 rings (SSSR count). The van der Waals surface area contributed by atoms with E-state index in [1.165, 1.54) is 6.34 Å². The van der Waals surface area contributed by atoms with E-state index in [9.17, 15) is 4.48 Å². The lowest BCUT2D eigenvalue weighted by atomic mass is 10.2. The largest absolute Gasteiger partial charge is 0.326 e. The van der Waals surface area contributed by atoms with E-state index in [1.54, 1.807) is 12.1 Å². The first-order valence-electron chi connectivity index (χ1n) is 4.27. The third-order valence-electron chi connectivity index (χ3n) is 2.03. The highest BCUT2D eigenvalue weighted by Crippen LogP contribution is 2.25. The molecule has 0 saturated heterocycles. The van der Waals surface area contributed by atoms with Crippen LogP contribution in [0, 0.1) is 0 Å². The lowest BCUT2D eigenvalue weighted by Crippen LogP contribution is -2.35. The zero-order valence-electron chi connectivity index (χ0n) is 7.72. The molecule has 1 aromatic rings. The van der Waals surface area contributed by atoms with Crippen LogP contribution >= 0.6 is 11.8 Å². The van der Waals surface area contributed by atoms with E-state index in [4.69, 9.17) is 17.5 Å². The molecule has 0 unspecified atom stereocenters. The molecule has 0 aromatic heterocycles. The van der Waals surface area contributed by atoms with Crippen molar-refractivity contribution in [3.63, 3.8) is 0 Å². The van der Waals surface area contributed by atoms with E-state index in [2.05, 4.69) is 5.10 Å². The van der Waals surface area contributed by atoms with E-state index in [-0.39, 0.29) is 5.34 Å². The molecular formula is C8H9ClFN5. The SMILES string of the molecule is NCc1ccccc1N1C=NN(Cl)N1F. The molecule has 1 aliphatic heterocycles. The highest BCUT2D eigenvalue weighted by molar-refractivity contribution is 6.13. The van der Waals surface area contributed by atoms with E-state index in [0.29, 0.717) is 16.9 Å². The van der Waals surface area contributed by atoms with Gasteiger partial charge in [0.25, 0.3) is 0 Å². The van der Waals surface area contributed by atoms with Crippen molar-refractivity contribution in [2.45, 2.75) is 6.54 Å². The van der Waals surface area contributed by atoms with Crippen molar-refractivity contribution in [3.8, 4) is 0 Å². The van der Waals surface area contributed by atoms with Gasteiger partial charge in [0, 0.05) is 6.54 Å². The molecule has 0 bridgehead atoms. The van der Waals surface area contributed by atoms with Crippen LogP contribution in [-0.2, 0) is 6.54 Å². The van der Waals surface area contributed by atoms with Crippen LogP contribution in [0.2, 0.25) is 0 Å². The normalized spacial score (nSPS) is 16.5. The molecule has 80 valence electrons. The van der Waals surface area contributed by atoms with Gasteiger partial charge in [0.2, 0.25) is 0 Å². The third-order valence-corrected chi connectivity index (χ3v) is 2.24. The zero-order chi connectivity index (χ0) is 10.8. The second kappa shape index (κ2) is 4.01. The lowest BCUT2D eigenvalue weighted by Gasteiger charge is -2.22. The van der Waals surface area contributed by atoms with E-state index in [0.717, 1.165) is 10.6 Å². The molecule has 2 N–H and O–H groups in total. The summed E-state index contributed by atoms with van der Waals surface area (Å²) >= 11 is 5.42. The van der Waals surface area contributed by atoms with Crippen molar-refractivity contribution in [2.24, 2.45) is 10.8 Å². The quantitative estimate of drug-likeness (QED) is 0.779. The van der Waals surface area contributed by atoms with Crippen LogP contribution in [0.3, 0.4) is 0 Å². The first-order valence-corrected chi connectivity index (χ1v) is 4.61. The van der Waals surface area contributed by atoms with Gasteiger partial charge >= 0.3 is 0 Å². The van der Waals surface area contributed by atoms with Crippen molar-refractivity contribution in [1.29, 1.82) is 0 Å². The summed E-state index contributed by atoms with van der Waals surface area (Å²) < 4.78 is 13.9. The Hall–Kier alpha value is -1.37. The summed E-state index contributed by atoms with van der Waals surface area (Å²) in [7, 11) is 0. The maximum atomic E-state index is 13.4. The van der Waals surface area contributed by atoms with Crippen molar-refractivity contribution in [1.82, 2.24) is 9.98 Å². The average Bonchev–Trinajstić information content (AvgIpc) is 2.60. The number of benzene rings is 1. The van der Waals surface area contributed by atoms with E-state index >= 15 is 0 Å². The summed E-state index contributed by atoms with van der Waals surface area (Å²) in [4.78, 5) is 0. The monoisotopic (exact) mass is 229 g/mol. The molecule has 1 heterocycles. The summed E-state index contributed by atoms with van der Waals surface area (Å²) in [5.41, 5.74) is 6.95. The molecule has 0 spiro atoms. The van der Waals surface area contributed by atoms with Crippen LogP contribution in [0.1, 0.15) is 5.56 Å². The minimum atomic E-state index is 0.177. The molecule has 0 amide bonds. The van der Waals surface area contributed by atoms with Gasteiger partial charge in [-0.15, -0.1) is 5.10 Å². The van der Waals surface area contributed by atoms with Gasteiger partial charge < -0.3 is 5.73 Å². The molecule has 1 aliphatic rings. The number of hydrogen-bond acceptors (Lipinski definition) is 5. The van der Waals surface area contributed by atoms with Crippen molar-refractivity contribution in [3.05, 3.63) is 29.8 Å². The van der Waals surface area contributed by atoms with Gasteiger partial charge in [0.05, 0.1) is 22.8 Å². The molecule has 1 aromatic carbocycles. The number of halogens is 2. The average molecular weight is 230 g/mol. The Morgan fingerprint density at radius 1 is 1.40 bits per heavy atom. The molecule has 0 radical (unpaired) electrons. The van der Waals surface area contributed by atoms with Gasteiger partial charge in [-0.25, -0.2) is 5.01 Å². The van der Waals surface area contributed by atoms with Gasteiger partial charge in [-0.2, -0.15) is 0 Å². The predicted octanol–water partition coefficient (Wildman–Crippen LogP) is 1.38. The first kappa shape index (κ1) is 10.2. The number of hydrogen-bond donors (Lipinski definition) is 1. The Kier molecular flexibility index (Phi) is 2.72. The fourth-order valence-corrected chi connectivity index (χ4v) is 1.43. The summed E-state index contributed by atoms with van der Waals surface area (Å²) in [5.74, 6) is 0. The Morgan fingerprint density at radius 3 is 2.73 bits per heavy atom. The second-order valence-corrected chi connectivity index (χ2v) is 3.19. The topological polar surface area (TPSA) is 48.1 Å². The van der Waals surface area contributed by atoms with Gasteiger partial charge in [-0.3, -0.25) is 0 Å². The summed E-state index contributed by atoms with van der Waals surface area (Å²) in [6.07, 6.45) is 1.27. The molecule has 0 saturated carbocycles. The van der Waals surface area contributed by atoms with Gasteiger partial charge in [0.15, 0.2) is 0 Å². The Bertz CT molecular complexity index is 385. The minimum Gasteiger partial charge on any atom is -0.326 e. The Labute approximate surface area is 91.1 Å². The zero-order valence-corrected chi connectivity index (χ0v) is 8.47. The van der Waals surface area contributed by atoms with Gasteiger partial charge in [-0.1, -0.05) is 27.3 Å². The number of nitrogens with two attached hydrogens (primary N) is 1. The van der Waals surface area contributed by atoms with Gasteiger partial charge in [-0.05, 0) is 11.6 Å². The number of nitrogens with zero attached hydrogens (tertiary/aromatic N) is 4. The Morgan fingerprint density at radius 2 is 2.13 bits per heavy atom. The number of para-hydroxylation sites is 1. The number of anilines is 1. The van der Waals surface area contributed by atoms with Crippen LogP contribution in [0.15, 0.2) is 29.4 Å². The molecule has 5 nitrogen and oxygen atoms in total. The first-order chi connectivity index (χ1) is 7.24. The predicted molar refractivity (Wildman–Crippen MR) is 55.9 cm³/mol. The molecule has 15 heavy (non-hydrogen) atoms. The summed E-state index contributed by atoms with van der Waals surface area (Å²) in [5, 5.41) is 4.90. The number of hydrazone groups is 1. The standard InChI is InChI=1S/C8H9ClFN5/c9-14-12-6-13(15(14)10)8-4-2-1-3-7(8)5-11/h1-4,6H,5,11H2. The molecule has 0 atom stereocenters. The minimum absolute atomic E-state index is 0.177. The maximum absolute atomic E-state index is 13.4. The van der Waals surface area contributed by atoms with Crippen LogP contribution < -0.4 is 10.7 Å². The summed E-state index contributed by atoms with van der Waals surface area (Å²) in [6, 6.07) is 7.16. The van der Waals surface area contributed by atoms with Crippen LogP contribution in [-0.4, -0.2) is 16.3 Å². The lowest BCUT2D eigenvalue weighted by molar-refractivity contribution is -0.0990. The van der Waals surface area contributed by atoms with E-state index in [1.807, 2.05) is 12.1 Å². The highest BCUT2D eigenvalue weighted by atomic mass is 35.5. The van der Waals surface area contributed by atoms with Crippen LogP contribution in [0.4, 0.5) is 10.2 Å². The molecule has 7 heteroatoms. The molecule has 0 fully saturated rings. The maximum Gasteiger partial charge on any atom is 0.138 e. The number of rotatable bonds is 2. The third kappa shape index (κ3) is 1.74. The fourth-order valence-electron chi connectivity index (χ4n) is 1.31. The van der Waals surface area contributed by atoms with Crippen molar-refractivity contribution in [2.75, 3.05) is 5.01 Å². The van der Waals surface area contributed by atoms with Crippen molar-refractivity contribution >= 4 is 23.8 Å². The smallest absolute Gasteiger partial charge is 0.138 e. The van der Waals surface area contributed by atoms with Crippen molar-refractivity contribution < 1.29 is 4.48 Å². The highest BCUT2D eigenvalue weighted by Gasteiger charge is 2.26. The fraction of sp³-hybridized carbons (Fsp3) is 0.125. The van der Waals surface area contributed by atoms with E-state index < -0.39 is 0 Å². The van der Waals surface area contributed by atoms with Gasteiger partial charge in [0.1, 0.15) is 6.34 Å². The number of hydrazine groups is 2. The molecular weight excluding hydrogens is 221 g/mol. The second-order valence-electron chi connectivity index (χ2n) is 2.89. The summed E-state index contributed by atoms with van der Waals surface area (Å²) in [6.45, 7) is 0.316. The van der Waals surface area contributed by atoms with Crippen LogP contribution in [0.5, 0.6) is 0 Å². The Balaban J connectivity index is 2.34. The van der Waals surface area contributed by atoms with Crippen LogP contribution in [0.25, 0.3) is 0 Å².